The molecule has 0 spiro atoms. The van der Waals surface area contributed by atoms with E-state index in [-0.39, 0.29) is 18.2 Å². The van der Waals surface area contributed by atoms with Crippen molar-refractivity contribution in [1.29, 1.82) is 0 Å². The summed E-state index contributed by atoms with van der Waals surface area (Å²) in [6.45, 7) is 4.15. The van der Waals surface area contributed by atoms with E-state index in [2.05, 4.69) is 10.6 Å². The molecule has 0 bridgehead atoms. The maximum absolute atomic E-state index is 11.6. The Kier molecular flexibility index (Phi) is 6.04. The van der Waals surface area contributed by atoms with Crippen LogP contribution in [0.2, 0.25) is 0 Å². The summed E-state index contributed by atoms with van der Waals surface area (Å²) in [7, 11) is -1.84. The van der Waals surface area contributed by atoms with Crippen LogP contribution in [0.3, 0.4) is 0 Å². The lowest BCUT2D eigenvalue weighted by molar-refractivity contribution is -0.121. The molecule has 0 aromatic rings. The van der Waals surface area contributed by atoms with E-state index in [0.717, 1.165) is 30.2 Å². The molecule has 1 unspecified atom stereocenters. The fourth-order valence-corrected chi connectivity index (χ4v) is 2.71. The summed E-state index contributed by atoms with van der Waals surface area (Å²) in [6.07, 6.45) is 2.10. The fourth-order valence-electron chi connectivity index (χ4n) is 1.95. The topological polar surface area (TPSA) is 78.5 Å². The lowest BCUT2D eigenvalue weighted by Gasteiger charge is -2.16. The first kappa shape index (κ1) is 15.4. The molecule has 7 heteroatoms. The van der Waals surface area contributed by atoms with Gasteiger partial charge in [0.25, 0.3) is 0 Å². The molecule has 1 amide bonds. The molecule has 1 heterocycles. The molecule has 106 valence electrons. The molecule has 0 aliphatic carbocycles. The van der Waals surface area contributed by atoms with Gasteiger partial charge in [0, 0.05) is 13.6 Å². The smallest absolute Gasteiger partial charge is 0.235 e. The minimum atomic E-state index is -3.27. The number of nitrogens with one attached hydrogen (secondary N) is 2. The van der Waals surface area contributed by atoms with Crippen LogP contribution in [0.25, 0.3) is 0 Å². The van der Waals surface area contributed by atoms with Gasteiger partial charge in [-0.25, -0.2) is 8.42 Å². The Morgan fingerprint density at radius 3 is 2.78 bits per heavy atom. The highest BCUT2D eigenvalue weighted by Crippen LogP contribution is 2.10. The minimum absolute atomic E-state index is 0.0184. The molecular formula is C11H23N3O3S. The number of nitrogens with zero attached hydrogens (tertiary/aromatic N) is 1. The first-order valence-corrected chi connectivity index (χ1v) is 7.98. The molecular weight excluding hydrogens is 254 g/mol. The normalized spacial score (nSPS) is 20.3. The van der Waals surface area contributed by atoms with E-state index >= 15 is 0 Å². The van der Waals surface area contributed by atoms with Crippen LogP contribution in [0.5, 0.6) is 0 Å². The summed E-state index contributed by atoms with van der Waals surface area (Å²) >= 11 is 0. The second kappa shape index (κ2) is 7.06. The third-order valence-corrected chi connectivity index (χ3v) is 5.05. The summed E-state index contributed by atoms with van der Waals surface area (Å²) < 4.78 is 24.0. The predicted molar refractivity (Wildman–Crippen MR) is 70.7 cm³/mol. The number of hydrogen-bond acceptors (Lipinski definition) is 4. The van der Waals surface area contributed by atoms with Crippen molar-refractivity contribution in [3.8, 4) is 0 Å². The van der Waals surface area contributed by atoms with Gasteiger partial charge >= 0.3 is 0 Å². The highest BCUT2D eigenvalue weighted by atomic mass is 32.2. The number of carbonyl (C=O) groups is 1. The van der Waals surface area contributed by atoms with Gasteiger partial charge in [-0.2, -0.15) is 4.31 Å². The first-order valence-electron chi connectivity index (χ1n) is 6.37. The van der Waals surface area contributed by atoms with Crippen molar-refractivity contribution in [1.82, 2.24) is 14.9 Å². The highest BCUT2D eigenvalue weighted by molar-refractivity contribution is 7.89. The van der Waals surface area contributed by atoms with Gasteiger partial charge in [-0.15, -0.1) is 0 Å². The van der Waals surface area contributed by atoms with Gasteiger partial charge in [0.15, 0.2) is 0 Å². The Balaban J connectivity index is 2.20. The number of hydrogen-bond donors (Lipinski definition) is 2. The maximum Gasteiger partial charge on any atom is 0.235 e. The van der Waals surface area contributed by atoms with E-state index in [1.807, 2.05) is 0 Å². The summed E-state index contributed by atoms with van der Waals surface area (Å²) in [4.78, 5) is 11.6. The molecule has 1 rings (SSSR count). The standard InChI is InChI=1S/C11H23N3O3S/c1-3-18(16,17)14(2)9-11(15)13-7-5-10-4-6-12-8-10/h10,12H,3-9H2,1-2H3,(H,13,15). The number of amides is 1. The van der Waals surface area contributed by atoms with E-state index < -0.39 is 10.0 Å². The lowest BCUT2D eigenvalue weighted by Crippen LogP contribution is -2.39. The molecule has 0 aromatic heterocycles. The molecule has 1 aliphatic heterocycles. The molecule has 1 fully saturated rings. The Bertz CT molecular complexity index is 364. The van der Waals surface area contributed by atoms with Gasteiger partial charge in [-0.1, -0.05) is 0 Å². The van der Waals surface area contributed by atoms with Crippen LogP contribution in [0.1, 0.15) is 19.8 Å². The van der Waals surface area contributed by atoms with Gasteiger partial charge < -0.3 is 10.6 Å². The van der Waals surface area contributed by atoms with E-state index in [0.29, 0.717) is 12.5 Å². The third-order valence-electron chi connectivity index (χ3n) is 3.24. The molecule has 1 saturated heterocycles. The number of likely N-dealkylation sites (N-methyl/N-ethyl adjacent to an activating group) is 1. The van der Waals surface area contributed by atoms with Crippen LogP contribution in [-0.4, -0.2) is 57.6 Å². The van der Waals surface area contributed by atoms with Crippen LogP contribution in [0.4, 0.5) is 0 Å². The van der Waals surface area contributed by atoms with Gasteiger partial charge in [-0.3, -0.25) is 4.79 Å². The van der Waals surface area contributed by atoms with E-state index in [1.165, 1.54) is 7.05 Å². The molecule has 6 nitrogen and oxygen atoms in total. The van der Waals surface area contributed by atoms with E-state index in [1.54, 1.807) is 6.92 Å². The van der Waals surface area contributed by atoms with Gasteiger partial charge in [0.1, 0.15) is 0 Å². The molecule has 1 atom stereocenters. The summed E-state index contributed by atoms with van der Waals surface area (Å²) in [6, 6.07) is 0. The van der Waals surface area contributed by atoms with Crippen molar-refractivity contribution in [2.75, 3.05) is 39.0 Å². The Morgan fingerprint density at radius 2 is 2.22 bits per heavy atom. The average molecular weight is 277 g/mol. The summed E-state index contributed by atoms with van der Waals surface area (Å²) in [5.74, 6) is 0.410. The van der Waals surface area contributed by atoms with E-state index in [4.69, 9.17) is 0 Å². The summed E-state index contributed by atoms with van der Waals surface area (Å²) in [5, 5.41) is 6.03. The first-order chi connectivity index (χ1) is 8.45. The van der Waals surface area contributed by atoms with Crippen molar-refractivity contribution in [3.05, 3.63) is 0 Å². The fraction of sp³-hybridized carbons (Fsp3) is 0.909. The number of sulfonamides is 1. The van der Waals surface area contributed by atoms with Crippen molar-refractivity contribution >= 4 is 15.9 Å². The molecule has 0 aromatic carbocycles. The van der Waals surface area contributed by atoms with E-state index in [9.17, 15) is 13.2 Å². The van der Waals surface area contributed by atoms with Crippen molar-refractivity contribution in [3.63, 3.8) is 0 Å². The van der Waals surface area contributed by atoms with Crippen LogP contribution in [-0.2, 0) is 14.8 Å². The van der Waals surface area contributed by atoms with Crippen LogP contribution in [0.15, 0.2) is 0 Å². The molecule has 18 heavy (non-hydrogen) atoms. The maximum atomic E-state index is 11.6. The zero-order valence-corrected chi connectivity index (χ0v) is 11.9. The number of carbonyl (C=O) groups excluding carboxylic acids is 1. The molecule has 2 N–H and O–H groups in total. The van der Waals surface area contributed by atoms with Crippen LogP contribution >= 0.6 is 0 Å². The number of rotatable bonds is 7. The minimum Gasteiger partial charge on any atom is -0.355 e. The SMILES string of the molecule is CCS(=O)(=O)N(C)CC(=O)NCCC1CCNC1. The van der Waals surface area contributed by atoms with Gasteiger partial charge in [0.05, 0.1) is 12.3 Å². The predicted octanol–water partition coefficient (Wildman–Crippen LogP) is -0.616. The zero-order valence-electron chi connectivity index (χ0n) is 11.1. The van der Waals surface area contributed by atoms with Crippen LogP contribution in [0, 0.1) is 5.92 Å². The average Bonchev–Trinajstić information content (AvgIpc) is 2.82. The Morgan fingerprint density at radius 1 is 1.50 bits per heavy atom. The third kappa shape index (κ3) is 4.91. The molecule has 0 saturated carbocycles. The Labute approximate surface area is 109 Å². The quantitative estimate of drug-likeness (QED) is 0.650. The largest absolute Gasteiger partial charge is 0.355 e. The monoisotopic (exact) mass is 277 g/mol. The zero-order chi connectivity index (χ0) is 13.6. The highest BCUT2D eigenvalue weighted by Gasteiger charge is 2.18. The van der Waals surface area contributed by atoms with Gasteiger partial charge in [0.2, 0.25) is 15.9 Å². The second-order valence-electron chi connectivity index (χ2n) is 4.65. The van der Waals surface area contributed by atoms with Crippen molar-refractivity contribution in [2.24, 2.45) is 5.92 Å². The van der Waals surface area contributed by atoms with Crippen molar-refractivity contribution in [2.45, 2.75) is 19.8 Å². The second-order valence-corrected chi connectivity index (χ2v) is 7.02. The summed E-state index contributed by atoms with van der Waals surface area (Å²) in [5.41, 5.74) is 0. The molecule has 1 aliphatic rings. The Hall–Kier alpha value is -0.660. The van der Waals surface area contributed by atoms with Crippen molar-refractivity contribution < 1.29 is 13.2 Å². The van der Waals surface area contributed by atoms with Crippen LogP contribution < -0.4 is 10.6 Å². The lowest BCUT2D eigenvalue weighted by atomic mass is 10.1. The van der Waals surface area contributed by atoms with Gasteiger partial charge in [-0.05, 0) is 38.8 Å². The molecule has 0 radical (unpaired) electrons.